The van der Waals surface area contributed by atoms with Gasteiger partial charge in [0.05, 0.1) is 42.5 Å². The molecule has 2 aromatic rings. The maximum absolute atomic E-state index is 13.6. The predicted molar refractivity (Wildman–Crippen MR) is 193 cm³/mol. The summed E-state index contributed by atoms with van der Waals surface area (Å²) in [4.78, 5) is 115. The maximum Gasteiger partial charge on any atom is 0.350 e. The molecule has 22 nitrogen and oxygen atoms in total. The number of hydrazine groups is 1. The Morgan fingerprint density at radius 1 is 1.09 bits per heavy atom. The number of thiazole rings is 1. The fraction of sp³-hybridized carbons (Fsp3) is 0.419. The molecule has 4 fully saturated rings. The van der Waals surface area contributed by atoms with Crippen LogP contribution in [0.15, 0.2) is 22.7 Å². The van der Waals surface area contributed by atoms with E-state index in [1.54, 1.807) is 0 Å². The van der Waals surface area contributed by atoms with Crippen molar-refractivity contribution in [3.05, 3.63) is 33.8 Å². The molecule has 1 aromatic heterocycles. The van der Waals surface area contributed by atoms with Crippen LogP contribution in [0.5, 0.6) is 11.5 Å². The zero-order valence-corrected chi connectivity index (χ0v) is 31.6. The molecule has 5 heterocycles. The Balaban J connectivity index is 1.10. The highest BCUT2D eigenvalue weighted by Gasteiger charge is 2.66. The molecule has 4 saturated heterocycles. The number of Topliss-reactive ketones (excluding diaryl/α,β-unsaturated/α-hetero) is 2. The molecule has 4 aliphatic heterocycles. The van der Waals surface area contributed by atoms with Gasteiger partial charge >= 0.3 is 30.0 Å². The van der Waals surface area contributed by atoms with Crippen LogP contribution in [0.3, 0.4) is 0 Å². The van der Waals surface area contributed by atoms with E-state index in [0.717, 1.165) is 54.9 Å². The van der Waals surface area contributed by atoms with Crippen molar-refractivity contribution >= 4 is 93.0 Å². The van der Waals surface area contributed by atoms with Crippen molar-refractivity contribution in [3.63, 3.8) is 0 Å². The monoisotopic (exact) mass is 837 g/mol. The van der Waals surface area contributed by atoms with Crippen LogP contribution in [0.1, 0.15) is 36.3 Å². The second-order valence-corrected chi connectivity index (χ2v) is 16.0. The van der Waals surface area contributed by atoms with Gasteiger partial charge in [-0.3, -0.25) is 19.3 Å². The van der Waals surface area contributed by atoms with E-state index in [1.807, 2.05) is 0 Å². The number of phenolic OH excluding ortho intramolecular Hbond substituents is 2. The predicted octanol–water partition coefficient (Wildman–Crippen LogP) is 0.628. The average Bonchev–Trinajstić information content (AvgIpc) is 3.92. The molecule has 56 heavy (non-hydrogen) atoms. The zero-order valence-electron chi connectivity index (χ0n) is 29.2. The number of fused-ring (bicyclic) bond motifs is 1. The van der Waals surface area contributed by atoms with Crippen LogP contribution in [0.2, 0.25) is 5.02 Å². The summed E-state index contributed by atoms with van der Waals surface area (Å²) in [5.41, 5.74) is 5.57. The molecule has 298 valence electrons. The number of aromatic nitrogens is 1. The van der Waals surface area contributed by atoms with Gasteiger partial charge < -0.3 is 40.8 Å². The second kappa shape index (κ2) is 14.6. The first-order valence-electron chi connectivity index (χ1n) is 16.4. The van der Waals surface area contributed by atoms with Gasteiger partial charge in [-0.05, 0) is 26.0 Å². The molecule has 0 saturated carbocycles. The Bertz CT molecular complexity index is 2110. The van der Waals surface area contributed by atoms with Crippen LogP contribution in [-0.4, -0.2) is 158 Å². The van der Waals surface area contributed by atoms with Crippen LogP contribution in [0.25, 0.3) is 0 Å². The molecular formula is C31H32ClN9O13S2. The van der Waals surface area contributed by atoms with Gasteiger partial charge in [0.15, 0.2) is 33.9 Å². The molecule has 7 amide bonds. The van der Waals surface area contributed by atoms with E-state index in [9.17, 15) is 58.8 Å². The molecule has 0 bridgehead atoms. The minimum Gasteiger partial charge on any atom is -0.504 e. The number of anilines is 1. The van der Waals surface area contributed by atoms with Crippen molar-refractivity contribution in [2.75, 3.05) is 45.0 Å². The molecule has 4 aliphatic rings. The Morgan fingerprint density at radius 3 is 2.45 bits per heavy atom. The lowest BCUT2D eigenvalue weighted by atomic mass is 9.90. The van der Waals surface area contributed by atoms with Gasteiger partial charge in [0.25, 0.3) is 0 Å². The number of ketones is 2. The number of carbonyl (C=O) groups excluding carboxylic acids is 6. The number of oxime groups is 1. The quantitative estimate of drug-likeness (QED) is 0.0530. The summed E-state index contributed by atoms with van der Waals surface area (Å²) in [7, 11) is 0. The number of nitrogens with two attached hydrogens (primary N) is 1. The minimum atomic E-state index is -2.03. The number of phenols is 2. The van der Waals surface area contributed by atoms with E-state index in [-0.39, 0.29) is 42.6 Å². The number of amides is 7. The summed E-state index contributed by atoms with van der Waals surface area (Å²) in [5.74, 6) is -7.23. The molecule has 0 aliphatic carbocycles. The van der Waals surface area contributed by atoms with Gasteiger partial charge in [-0.25, -0.2) is 44.3 Å². The van der Waals surface area contributed by atoms with Crippen LogP contribution < -0.4 is 11.2 Å². The van der Waals surface area contributed by atoms with E-state index in [1.165, 1.54) is 24.1 Å². The van der Waals surface area contributed by atoms with Crippen molar-refractivity contribution in [1.29, 1.82) is 0 Å². The smallest absolute Gasteiger partial charge is 0.350 e. The first-order chi connectivity index (χ1) is 26.3. The summed E-state index contributed by atoms with van der Waals surface area (Å²) in [6.07, 6.45) is -0.497. The normalized spacial score (nSPS) is 22.4. The average molecular weight is 838 g/mol. The Kier molecular flexibility index (Phi) is 10.4. The Morgan fingerprint density at radius 2 is 1.80 bits per heavy atom. The summed E-state index contributed by atoms with van der Waals surface area (Å²) < 4.78 is 0. The lowest BCUT2D eigenvalue weighted by molar-refractivity contribution is -0.161. The van der Waals surface area contributed by atoms with Crippen molar-refractivity contribution in [3.8, 4) is 11.5 Å². The maximum atomic E-state index is 13.6. The van der Waals surface area contributed by atoms with Gasteiger partial charge in [-0.1, -0.05) is 28.5 Å². The van der Waals surface area contributed by atoms with Gasteiger partial charge in [0, 0.05) is 30.5 Å². The number of aromatic hydroxyl groups is 2. The highest BCUT2D eigenvalue weighted by atomic mass is 35.5. The summed E-state index contributed by atoms with van der Waals surface area (Å²) in [5, 5.41) is 44.0. The van der Waals surface area contributed by atoms with Gasteiger partial charge in [-0.2, -0.15) is 0 Å². The van der Waals surface area contributed by atoms with Crippen LogP contribution in [-0.2, 0) is 24.0 Å². The number of rotatable bonds is 13. The molecule has 3 atom stereocenters. The highest BCUT2D eigenvalue weighted by Crippen LogP contribution is 2.53. The molecule has 25 heteroatoms. The Hall–Kier alpha value is -5.88. The number of nitrogen functional groups attached to an aromatic ring is 1. The van der Waals surface area contributed by atoms with Gasteiger partial charge in [0.1, 0.15) is 5.69 Å². The van der Waals surface area contributed by atoms with E-state index in [2.05, 4.69) is 15.6 Å². The Labute approximate surface area is 328 Å². The number of imide groups is 1. The fourth-order valence-corrected chi connectivity index (χ4v) is 8.68. The van der Waals surface area contributed by atoms with Gasteiger partial charge in [0.2, 0.25) is 16.4 Å². The number of aliphatic carboxylic acids is 2. The number of hydrogen-bond donors (Lipinski definition) is 6. The number of carboxylic acids is 2. The number of benzene rings is 1. The minimum absolute atomic E-state index is 0.0250. The second-order valence-electron chi connectivity index (χ2n) is 13.3. The standard InChI is InChI=1S/C31H32ClN9O13S2/c1-30(2,24(47)48)54-36-20(15-11-55-26(33)34-15)17(43)9-14-22(46)39-12-31(25(49)50,56-23(14)39)40-7-8-41(29(40)53)35-27(51)38-6-5-37(28(38)52)10-18(44)13-3-4-16(42)21(45)19(13)32/h3-4,11,14,23,42,45H,5-10,12H2,1-2H3,(H2,33,34)(H,35,51)(H,47,48)(H,49,50)/b36-20-/t14-,23-,31-/m1/s1. The number of halogens is 1. The highest BCUT2D eigenvalue weighted by molar-refractivity contribution is 8.02. The lowest BCUT2D eigenvalue weighted by Gasteiger charge is -2.40. The largest absolute Gasteiger partial charge is 0.504 e. The lowest BCUT2D eigenvalue weighted by Crippen LogP contribution is -2.60. The summed E-state index contributed by atoms with van der Waals surface area (Å²) in [6, 6.07) is -0.679. The number of thioether (sulfide) groups is 1. The number of urea groups is 3. The third-order valence-electron chi connectivity index (χ3n) is 9.35. The van der Waals surface area contributed by atoms with Crippen LogP contribution >= 0.6 is 34.7 Å². The molecule has 7 N–H and O–H groups in total. The summed E-state index contributed by atoms with van der Waals surface area (Å²) in [6.45, 7) is 0.727. The number of nitrogens with one attached hydrogen (secondary N) is 1. The number of hydrogen-bond acceptors (Lipinski definition) is 16. The number of nitrogens with zero attached hydrogens (tertiary/aromatic N) is 7. The zero-order chi connectivity index (χ0) is 41.0. The number of carbonyl (C=O) groups is 8. The van der Waals surface area contributed by atoms with Crippen molar-refractivity contribution in [2.24, 2.45) is 11.1 Å². The summed E-state index contributed by atoms with van der Waals surface area (Å²) >= 11 is 7.68. The van der Waals surface area contributed by atoms with Crippen LogP contribution in [0, 0.1) is 5.92 Å². The molecule has 0 spiro atoms. The third kappa shape index (κ3) is 6.94. The molecule has 6 rings (SSSR count). The third-order valence-corrected chi connectivity index (χ3v) is 12.1. The first-order valence-corrected chi connectivity index (χ1v) is 18.6. The van der Waals surface area contributed by atoms with Crippen molar-refractivity contribution < 1.29 is 63.6 Å². The topological polar surface area (TPSA) is 306 Å². The van der Waals surface area contributed by atoms with Gasteiger partial charge in [-0.15, -0.1) is 11.3 Å². The van der Waals surface area contributed by atoms with Crippen molar-refractivity contribution in [2.45, 2.75) is 36.1 Å². The van der Waals surface area contributed by atoms with E-state index in [4.69, 9.17) is 22.2 Å². The molecule has 0 radical (unpaired) electrons. The van der Waals surface area contributed by atoms with E-state index in [0.29, 0.717) is 0 Å². The molecule has 1 aromatic carbocycles. The van der Waals surface area contributed by atoms with E-state index >= 15 is 0 Å². The van der Waals surface area contributed by atoms with Crippen molar-refractivity contribution in [1.82, 2.24) is 35.0 Å². The van der Waals surface area contributed by atoms with Crippen LogP contribution in [0.4, 0.5) is 19.5 Å². The fourth-order valence-electron chi connectivity index (χ4n) is 6.18. The number of carboxylic acid groups (broad SMARTS) is 2. The molecular weight excluding hydrogens is 806 g/mol. The van der Waals surface area contributed by atoms with E-state index < -0.39 is 111 Å². The SMILES string of the molecule is CC(C)(O/N=C(\C(=O)C[C@@H]1C(=O)N2C[C@@](C(=O)O)(N3CCN(NC(=O)N4CCN(CC(=O)c5ccc(O)c(O)c5Cl)C4=O)C3=O)S[C@H]12)c1csc(N)n1)C(=O)O. The number of β-lactam (4-membered cyclic amide) rings is 1. The molecule has 0 unspecified atom stereocenters. The first kappa shape index (κ1) is 39.8.